The summed E-state index contributed by atoms with van der Waals surface area (Å²) in [6.07, 6.45) is -4.64. The minimum atomic E-state index is -4.64. The number of likely N-dealkylation sites (N-methyl/N-ethyl adjacent to an activating group) is 1. The number of methoxy groups -OCH3 is 1. The van der Waals surface area contributed by atoms with Crippen molar-refractivity contribution in [2.24, 2.45) is 0 Å². The van der Waals surface area contributed by atoms with Gasteiger partial charge in [0.25, 0.3) is 0 Å². The summed E-state index contributed by atoms with van der Waals surface area (Å²) in [4.78, 5) is 26.6. The normalized spacial score (nSPS) is 20.0. The van der Waals surface area contributed by atoms with E-state index in [0.717, 1.165) is 13.2 Å². The summed E-state index contributed by atoms with van der Waals surface area (Å²) in [5.41, 5.74) is -0.0845. The number of carbonyl (C=O) groups is 2. The second kappa shape index (κ2) is 6.75. The maximum Gasteiger partial charge on any atom is 0.416 e. The summed E-state index contributed by atoms with van der Waals surface area (Å²) in [7, 11) is 1.16. The van der Waals surface area contributed by atoms with Crippen LogP contribution in [0.1, 0.15) is 30.9 Å². The number of hydrogen-bond donors (Lipinski definition) is 0. The highest BCUT2D eigenvalue weighted by atomic mass is 19.4. The first-order valence-electron chi connectivity index (χ1n) is 8.35. The van der Waals surface area contributed by atoms with E-state index in [2.05, 4.69) is 0 Å². The molecule has 2 aliphatic rings. The first-order valence-corrected chi connectivity index (χ1v) is 8.35. The zero-order valence-electron chi connectivity index (χ0n) is 15.0. The van der Waals surface area contributed by atoms with Gasteiger partial charge < -0.3 is 14.4 Å². The number of ether oxygens (including phenoxy) is 2. The van der Waals surface area contributed by atoms with E-state index < -0.39 is 29.6 Å². The predicted molar refractivity (Wildman–Crippen MR) is 89.3 cm³/mol. The fourth-order valence-corrected chi connectivity index (χ4v) is 3.74. The topological polar surface area (TPSA) is 55.8 Å². The van der Waals surface area contributed by atoms with Gasteiger partial charge in [-0.2, -0.15) is 13.2 Å². The molecule has 27 heavy (non-hydrogen) atoms. The van der Waals surface area contributed by atoms with Crippen LogP contribution >= 0.6 is 0 Å². The van der Waals surface area contributed by atoms with E-state index in [4.69, 9.17) is 9.47 Å². The van der Waals surface area contributed by atoms with Gasteiger partial charge in [-0.15, -0.1) is 0 Å². The molecular weight excluding hydrogens is 363 g/mol. The smallest absolute Gasteiger partial charge is 0.416 e. The predicted octanol–water partition coefficient (Wildman–Crippen LogP) is 3.38. The summed E-state index contributed by atoms with van der Waals surface area (Å²) >= 11 is 0. The average Bonchev–Trinajstić information content (AvgIpc) is 3.00. The zero-order valence-corrected chi connectivity index (χ0v) is 15.0. The summed E-state index contributed by atoms with van der Waals surface area (Å²) in [6.45, 7) is 3.83. The van der Waals surface area contributed by atoms with E-state index in [0.29, 0.717) is 17.9 Å². The maximum atomic E-state index is 13.6. The highest BCUT2D eigenvalue weighted by Gasteiger charge is 2.47. The molecular formula is C19H18F3NO4. The van der Waals surface area contributed by atoms with Crippen molar-refractivity contribution < 1.29 is 32.2 Å². The Balaban J connectivity index is 2.33. The number of benzene rings is 1. The number of hydrogen-bond acceptors (Lipinski definition) is 5. The number of nitrogens with zero attached hydrogens (tertiary/aromatic N) is 1. The monoisotopic (exact) mass is 381 g/mol. The third-order valence-corrected chi connectivity index (χ3v) is 4.87. The molecule has 1 aromatic rings. The van der Waals surface area contributed by atoms with Crippen LogP contribution in [0, 0.1) is 0 Å². The van der Waals surface area contributed by atoms with Gasteiger partial charge in [0.2, 0.25) is 0 Å². The van der Waals surface area contributed by atoms with Crippen LogP contribution in [0.15, 0.2) is 46.8 Å². The highest BCUT2D eigenvalue weighted by molar-refractivity contribution is 6.01. The zero-order chi connectivity index (χ0) is 19.9. The van der Waals surface area contributed by atoms with Gasteiger partial charge in [-0.05, 0) is 25.5 Å². The minimum Gasteiger partial charge on any atom is -0.466 e. The standard InChI is InChI=1S/C19H18F3NO4/c1-4-23-10(2)14(17(24)26-3)15(16-13(23)9-27-18(16)25)11-7-5-6-8-12(11)19(20,21)22/h5-8,15H,4,9H2,1-3H3. The van der Waals surface area contributed by atoms with Crippen molar-refractivity contribution in [2.75, 3.05) is 20.3 Å². The van der Waals surface area contributed by atoms with Crippen LogP contribution in [0.2, 0.25) is 0 Å². The van der Waals surface area contributed by atoms with Crippen LogP contribution < -0.4 is 0 Å². The molecule has 3 rings (SSSR count). The van der Waals surface area contributed by atoms with Crippen molar-refractivity contribution >= 4 is 11.9 Å². The van der Waals surface area contributed by atoms with E-state index in [9.17, 15) is 22.8 Å². The molecule has 0 spiro atoms. The summed E-state index contributed by atoms with van der Waals surface area (Å²) in [5, 5.41) is 0. The molecule has 8 heteroatoms. The van der Waals surface area contributed by atoms with E-state index in [1.165, 1.54) is 18.2 Å². The average molecular weight is 381 g/mol. The van der Waals surface area contributed by atoms with Gasteiger partial charge in [0.1, 0.15) is 6.61 Å². The summed E-state index contributed by atoms with van der Waals surface area (Å²) in [5.74, 6) is -2.71. The van der Waals surface area contributed by atoms with Gasteiger partial charge >= 0.3 is 18.1 Å². The molecule has 5 nitrogen and oxygen atoms in total. The Morgan fingerprint density at radius 1 is 1.33 bits per heavy atom. The maximum absolute atomic E-state index is 13.6. The third kappa shape index (κ3) is 2.98. The Morgan fingerprint density at radius 3 is 2.59 bits per heavy atom. The van der Waals surface area contributed by atoms with Gasteiger partial charge in [-0.25, -0.2) is 9.59 Å². The van der Waals surface area contributed by atoms with Gasteiger partial charge in [0.15, 0.2) is 0 Å². The van der Waals surface area contributed by atoms with Crippen LogP contribution in [0.3, 0.4) is 0 Å². The van der Waals surface area contributed by atoms with E-state index in [1.807, 2.05) is 6.92 Å². The fourth-order valence-electron chi connectivity index (χ4n) is 3.74. The molecule has 0 aliphatic carbocycles. The SMILES string of the molecule is CCN1C(C)=C(C(=O)OC)C(c2ccccc2C(F)(F)F)C2=C1COC2=O. The molecule has 2 aliphatic heterocycles. The van der Waals surface area contributed by atoms with Gasteiger partial charge in [-0.1, -0.05) is 18.2 Å². The lowest BCUT2D eigenvalue weighted by Crippen LogP contribution is -2.34. The molecule has 0 bridgehead atoms. The van der Waals surface area contributed by atoms with Crippen LogP contribution in [0.5, 0.6) is 0 Å². The van der Waals surface area contributed by atoms with Gasteiger partial charge in [0, 0.05) is 12.2 Å². The number of carbonyl (C=O) groups excluding carboxylic acids is 2. The molecule has 0 N–H and O–H groups in total. The molecule has 0 saturated heterocycles. The van der Waals surface area contributed by atoms with Crippen molar-refractivity contribution in [2.45, 2.75) is 25.9 Å². The molecule has 1 unspecified atom stereocenters. The van der Waals surface area contributed by atoms with E-state index >= 15 is 0 Å². The number of cyclic esters (lactones) is 1. The largest absolute Gasteiger partial charge is 0.466 e. The van der Waals surface area contributed by atoms with Crippen LogP contribution in [0.25, 0.3) is 0 Å². The molecule has 1 aromatic carbocycles. The van der Waals surface area contributed by atoms with Crippen molar-refractivity contribution in [1.82, 2.24) is 4.90 Å². The highest BCUT2D eigenvalue weighted by Crippen LogP contribution is 2.48. The summed E-state index contributed by atoms with van der Waals surface area (Å²) < 4.78 is 50.8. The van der Waals surface area contributed by atoms with Gasteiger partial charge in [-0.3, -0.25) is 0 Å². The summed E-state index contributed by atoms with van der Waals surface area (Å²) in [6, 6.07) is 4.93. The number of halogens is 3. The minimum absolute atomic E-state index is 0.00801. The Morgan fingerprint density at radius 2 is 2.00 bits per heavy atom. The molecule has 144 valence electrons. The molecule has 0 fully saturated rings. The Bertz CT molecular complexity index is 870. The van der Waals surface area contributed by atoms with Crippen LogP contribution in [-0.2, 0) is 25.2 Å². The molecule has 0 amide bonds. The quantitative estimate of drug-likeness (QED) is 0.752. The molecule has 1 atom stereocenters. The molecule has 0 radical (unpaired) electrons. The van der Waals surface area contributed by atoms with Crippen molar-refractivity contribution in [3.8, 4) is 0 Å². The number of allylic oxidation sites excluding steroid dienone is 1. The Kier molecular flexibility index (Phi) is 4.75. The first kappa shape index (κ1) is 19.0. The Hall–Kier alpha value is -2.77. The fraction of sp³-hybridized carbons (Fsp3) is 0.368. The van der Waals surface area contributed by atoms with Crippen LogP contribution in [0.4, 0.5) is 13.2 Å². The number of rotatable bonds is 3. The second-order valence-electron chi connectivity index (χ2n) is 6.19. The molecule has 0 saturated carbocycles. The van der Waals surface area contributed by atoms with Gasteiger partial charge in [0.05, 0.1) is 35.4 Å². The van der Waals surface area contributed by atoms with Crippen molar-refractivity contribution in [3.63, 3.8) is 0 Å². The number of alkyl halides is 3. The number of esters is 2. The lowest BCUT2D eigenvalue weighted by atomic mass is 9.78. The Labute approximate surface area is 154 Å². The van der Waals surface area contributed by atoms with Crippen molar-refractivity contribution in [1.29, 1.82) is 0 Å². The van der Waals surface area contributed by atoms with Crippen molar-refractivity contribution in [3.05, 3.63) is 57.9 Å². The second-order valence-corrected chi connectivity index (χ2v) is 6.19. The first-order chi connectivity index (χ1) is 12.7. The molecule has 0 aromatic heterocycles. The lowest BCUT2D eigenvalue weighted by molar-refractivity contribution is -0.140. The van der Waals surface area contributed by atoms with Crippen LogP contribution in [-0.4, -0.2) is 37.1 Å². The lowest BCUT2D eigenvalue weighted by Gasteiger charge is -2.35. The third-order valence-electron chi connectivity index (χ3n) is 4.87. The molecule has 2 heterocycles. The van der Waals surface area contributed by atoms with E-state index in [-0.39, 0.29) is 23.3 Å². The van der Waals surface area contributed by atoms with E-state index in [1.54, 1.807) is 11.8 Å².